The van der Waals surface area contributed by atoms with Crippen LogP contribution in [0.3, 0.4) is 0 Å². The summed E-state index contributed by atoms with van der Waals surface area (Å²) in [6.45, 7) is 4.39. The predicted octanol–water partition coefficient (Wildman–Crippen LogP) is 0.415. The van der Waals surface area contributed by atoms with Crippen molar-refractivity contribution >= 4 is 5.71 Å². The third-order valence-corrected chi connectivity index (χ3v) is 2.67. The van der Waals surface area contributed by atoms with Crippen molar-refractivity contribution in [3.63, 3.8) is 0 Å². The molecule has 1 heterocycles. The molecule has 1 aliphatic heterocycles. The summed E-state index contributed by atoms with van der Waals surface area (Å²) < 4.78 is 0. The van der Waals surface area contributed by atoms with Gasteiger partial charge in [-0.25, -0.2) is 0 Å². The quantitative estimate of drug-likeness (QED) is 0.438. The number of hydrogen-bond donors (Lipinski definition) is 1. The summed E-state index contributed by atoms with van der Waals surface area (Å²) in [5.41, 5.74) is 1.18. The molecular formula is C8H15N3. The Kier molecular flexibility index (Phi) is 1.60. The molecule has 1 saturated heterocycles. The van der Waals surface area contributed by atoms with Gasteiger partial charge in [-0.05, 0) is 12.8 Å². The van der Waals surface area contributed by atoms with Gasteiger partial charge < -0.3 is 5.84 Å². The molecule has 0 bridgehead atoms. The first-order valence-corrected chi connectivity index (χ1v) is 4.32. The standard InChI is InChI=1S/C8H15N3/c1-6-4-11(7-2-3-7)5-8(6)10-9/h6-7H,2-5,9H2,1H3/b10-8+. The first kappa shape index (κ1) is 7.10. The molecule has 1 unspecified atom stereocenters. The van der Waals surface area contributed by atoms with Crippen molar-refractivity contribution in [3.8, 4) is 0 Å². The van der Waals surface area contributed by atoms with Gasteiger partial charge in [-0.1, -0.05) is 6.92 Å². The fourth-order valence-corrected chi connectivity index (χ4v) is 1.77. The second-order valence-electron chi connectivity index (χ2n) is 3.68. The maximum Gasteiger partial charge on any atom is 0.0556 e. The predicted molar refractivity (Wildman–Crippen MR) is 45.4 cm³/mol. The maximum absolute atomic E-state index is 5.27. The second kappa shape index (κ2) is 2.48. The van der Waals surface area contributed by atoms with Crippen LogP contribution in [0.15, 0.2) is 5.10 Å². The molecule has 0 amide bonds. The van der Waals surface area contributed by atoms with Gasteiger partial charge in [0.25, 0.3) is 0 Å². The molecule has 2 rings (SSSR count). The fourth-order valence-electron chi connectivity index (χ4n) is 1.77. The van der Waals surface area contributed by atoms with Gasteiger partial charge in [0, 0.05) is 25.0 Å². The molecule has 0 aromatic rings. The van der Waals surface area contributed by atoms with E-state index in [1.807, 2.05) is 0 Å². The van der Waals surface area contributed by atoms with E-state index in [1.165, 1.54) is 25.1 Å². The molecule has 0 aromatic carbocycles. The summed E-state index contributed by atoms with van der Waals surface area (Å²) in [5.74, 6) is 5.85. The second-order valence-corrected chi connectivity index (χ2v) is 3.68. The minimum Gasteiger partial charge on any atom is -0.323 e. The Labute approximate surface area is 67.2 Å². The van der Waals surface area contributed by atoms with Crippen LogP contribution in [0.4, 0.5) is 0 Å². The molecule has 3 nitrogen and oxygen atoms in total. The van der Waals surface area contributed by atoms with E-state index in [0.29, 0.717) is 5.92 Å². The van der Waals surface area contributed by atoms with E-state index in [4.69, 9.17) is 5.84 Å². The maximum atomic E-state index is 5.27. The molecule has 0 spiro atoms. The Balaban J connectivity index is 1.99. The first-order valence-electron chi connectivity index (χ1n) is 4.32. The summed E-state index contributed by atoms with van der Waals surface area (Å²) in [6, 6.07) is 0.858. The number of nitrogens with zero attached hydrogens (tertiary/aromatic N) is 2. The van der Waals surface area contributed by atoms with Gasteiger partial charge in [0.1, 0.15) is 0 Å². The highest BCUT2D eigenvalue weighted by Crippen LogP contribution is 2.30. The zero-order chi connectivity index (χ0) is 7.84. The summed E-state index contributed by atoms with van der Waals surface area (Å²) in [5, 5.41) is 3.80. The van der Waals surface area contributed by atoms with Crippen LogP contribution in [0.1, 0.15) is 19.8 Å². The Morgan fingerprint density at radius 3 is 2.73 bits per heavy atom. The molecule has 0 aromatic heterocycles. The lowest BCUT2D eigenvalue weighted by molar-refractivity contribution is 0.320. The molecule has 62 valence electrons. The van der Waals surface area contributed by atoms with Crippen LogP contribution >= 0.6 is 0 Å². The Morgan fingerprint density at radius 1 is 1.55 bits per heavy atom. The van der Waals surface area contributed by atoms with Gasteiger partial charge in [-0.2, -0.15) is 5.10 Å². The lowest BCUT2D eigenvalue weighted by Crippen LogP contribution is -2.23. The van der Waals surface area contributed by atoms with Gasteiger partial charge in [0.2, 0.25) is 0 Å². The van der Waals surface area contributed by atoms with E-state index in [1.54, 1.807) is 0 Å². The van der Waals surface area contributed by atoms with E-state index in [0.717, 1.165) is 12.6 Å². The zero-order valence-electron chi connectivity index (χ0n) is 6.95. The van der Waals surface area contributed by atoms with Crippen molar-refractivity contribution < 1.29 is 0 Å². The molecule has 2 aliphatic rings. The van der Waals surface area contributed by atoms with Crippen molar-refractivity contribution in [2.24, 2.45) is 16.9 Å². The van der Waals surface area contributed by atoms with Crippen molar-refractivity contribution in [2.75, 3.05) is 13.1 Å². The molecule has 1 saturated carbocycles. The fraction of sp³-hybridized carbons (Fsp3) is 0.875. The van der Waals surface area contributed by atoms with E-state index < -0.39 is 0 Å². The van der Waals surface area contributed by atoms with Crippen LogP contribution in [-0.2, 0) is 0 Å². The highest BCUT2D eigenvalue weighted by atomic mass is 15.2. The van der Waals surface area contributed by atoms with Crippen LogP contribution in [0.25, 0.3) is 0 Å². The van der Waals surface area contributed by atoms with Crippen LogP contribution in [0, 0.1) is 5.92 Å². The molecule has 3 heteroatoms. The van der Waals surface area contributed by atoms with Crippen LogP contribution in [0.2, 0.25) is 0 Å². The number of rotatable bonds is 1. The normalized spacial score (nSPS) is 36.8. The summed E-state index contributed by atoms with van der Waals surface area (Å²) in [6.07, 6.45) is 2.76. The molecular weight excluding hydrogens is 138 g/mol. The van der Waals surface area contributed by atoms with Gasteiger partial charge in [-0.15, -0.1) is 0 Å². The van der Waals surface area contributed by atoms with Gasteiger partial charge >= 0.3 is 0 Å². The van der Waals surface area contributed by atoms with Gasteiger partial charge in [0.15, 0.2) is 0 Å². The molecule has 2 N–H and O–H groups in total. The SMILES string of the molecule is CC1CN(C2CC2)C/C1=N\N. The third-order valence-electron chi connectivity index (χ3n) is 2.67. The number of hydrazone groups is 1. The van der Waals surface area contributed by atoms with E-state index in [2.05, 4.69) is 16.9 Å². The Bertz CT molecular complexity index is 184. The smallest absolute Gasteiger partial charge is 0.0556 e. The van der Waals surface area contributed by atoms with E-state index in [-0.39, 0.29) is 0 Å². The number of likely N-dealkylation sites (tertiary alicyclic amines) is 1. The van der Waals surface area contributed by atoms with Crippen LogP contribution in [-0.4, -0.2) is 29.7 Å². The molecule has 2 fully saturated rings. The summed E-state index contributed by atoms with van der Waals surface area (Å²) >= 11 is 0. The van der Waals surface area contributed by atoms with Crippen molar-refractivity contribution in [3.05, 3.63) is 0 Å². The van der Waals surface area contributed by atoms with Gasteiger partial charge in [-0.3, -0.25) is 4.90 Å². The van der Waals surface area contributed by atoms with E-state index in [9.17, 15) is 0 Å². The molecule has 1 aliphatic carbocycles. The Hall–Kier alpha value is -0.570. The minimum absolute atomic E-state index is 0.584. The van der Waals surface area contributed by atoms with Crippen molar-refractivity contribution in [2.45, 2.75) is 25.8 Å². The topological polar surface area (TPSA) is 41.6 Å². The average molecular weight is 153 g/mol. The number of hydrogen-bond acceptors (Lipinski definition) is 3. The lowest BCUT2D eigenvalue weighted by Gasteiger charge is -2.11. The van der Waals surface area contributed by atoms with Crippen molar-refractivity contribution in [1.29, 1.82) is 0 Å². The third kappa shape index (κ3) is 1.25. The number of nitrogens with two attached hydrogens (primary N) is 1. The molecule has 1 atom stereocenters. The van der Waals surface area contributed by atoms with Crippen LogP contribution in [0.5, 0.6) is 0 Å². The highest BCUT2D eigenvalue weighted by Gasteiger charge is 2.35. The first-order chi connectivity index (χ1) is 5.31. The van der Waals surface area contributed by atoms with Crippen molar-refractivity contribution in [1.82, 2.24) is 4.90 Å². The Morgan fingerprint density at radius 2 is 2.27 bits per heavy atom. The average Bonchev–Trinajstić information content (AvgIpc) is 2.76. The molecule has 0 radical (unpaired) electrons. The van der Waals surface area contributed by atoms with Crippen LogP contribution < -0.4 is 5.84 Å². The van der Waals surface area contributed by atoms with E-state index >= 15 is 0 Å². The molecule has 11 heavy (non-hydrogen) atoms. The summed E-state index contributed by atoms with van der Waals surface area (Å²) in [7, 11) is 0. The largest absolute Gasteiger partial charge is 0.323 e. The lowest BCUT2D eigenvalue weighted by atomic mass is 10.1. The van der Waals surface area contributed by atoms with Gasteiger partial charge in [0.05, 0.1) is 5.71 Å². The summed E-state index contributed by atoms with van der Waals surface area (Å²) in [4.78, 5) is 2.50. The monoisotopic (exact) mass is 153 g/mol. The zero-order valence-corrected chi connectivity index (χ0v) is 6.95. The highest BCUT2D eigenvalue weighted by molar-refractivity contribution is 5.90. The minimum atomic E-state index is 0.584.